The lowest BCUT2D eigenvalue weighted by atomic mass is 9.87. The normalized spacial score (nSPS) is 12.7. The van der Waals surface area contributed by atoms with E-state index in [2.05, 4.69) is 26.1 Å². The molecule has 0 fully saturated rings. The summed E-state index contributed by atoms with van der Waals surface area (Å²) in [6.45, 7) is 8.37. The molecule has 9 heteroatoms. The van der Waals surface area contributed by atoms with E-state index in [1.165, 1.54) is 25.7 Å². The average Bonchev–Trinajstić information content (AvgIpc) is 2.70. The summed E-state index contributed by atoms with van der Waals surface area (Å²) >= 11 is 6.05. The van der Waals surface area contributed by atoms with Crippen molar-refractivity contribution in [2.75, 3.05) is 30.8 Å². The Morgan fingerprint density at radius 3 is 2.31 bits per heavy atom. The summed E-state index contributed by atoms with van der Waals surface area (Å²) in [5.41, 5.74) is 1.45. The number of hydrogen-bond donors (Lipinski definition) is 1. The van der Waals surface area contributed by atoms with Gasteiger partial charge < -0.3 is 14.8 Å². The maximum absolute atomic E-state index is 12.7. The maximum atomic E-state index is 12.7. The van der Waals surface area contributed by atoms with Gasteiger partial charge in [0.15, 0.2) is 0 Å². The van der Waals surface area contributed by atoms with Crippen LogP contribution >= 0.6 is 11.6 Å². The Kier molecular flexibility index (Phi) is 8.42. The Hall–Kier alpha value is -2.45. The highest BCUT2D eigenvalue weighted by Crippen LogP contribution is 2.34. The van der Waals surface area contributed by atoms with Crippen LogP contribution in [0.15, 0.2) is 42.5 Å². The highest BCUT2D eigenvalue weighted by atomic mass is 35.5. The lowest BCUT2D eigenvalue weighted by Crippen LogP contribution is -2.48. The number of carbonyl (C=O) groups is 1. The van der Waals surface area contributed by atoms with Crippen LogP contribution in [0.4, 0.5) is 5.69 Å². The van der Waals surface area contributed by atoms with E-state index in [4.69, 9.17) is 21.1 Å². The van der Waals surface area contributed by atoms with Crippen molar-refractivity contribution in [1.29, 1.82) is 0 Å². The Morgan fingerprint density at radius 1 is 1.16 bits per heavy atom. The van der Waals surface area contributed by atoms with Gasteiger partial charge in [0.2, 0.25) is 15.9 Å². The topological polar surface area (TPSA) is 84.9 Å². The predicted octanol–water partition coefficient (Wildman–Crippen LogP) is 4.00. The van der Waals surface area contributed by atoms with Crippen LogP contribution in [-0.4, -0.2) is 46.9 Å². The minimum absolute atomic E-state index is 0.0554. The number of hydrogen-bond acceptors (Lipinski definition) is 5. The average molecular weight is 483 g/mol. The quantitative estimate of drug-likeness (QED) is 0.546. The predicted molar refractivity (Wildman–Crippen MR) is 128 cm³/mol. The summed E-state index contributed by atoms with van der Waals surface area (Å²) in [7, 11) is -2.38. The van der Waals surface area contributed by atoms with E-state index in [-0.39, 0.29) is 24.3 Å². The molecular weight excluding hydrogens is 452 g/mol. The van der Waals surface area contributed by atoms with Crippen LogP contribution in [0.3, 0.4) is 0 Å². The van der Waals surface area contributed by atoms with Crippen LogP contribution in [0.2, 0.25) is 5.02 Å². The molecule has 0 aliphatic heterocycles. The molecule has 0 heterocycles. The third-order valence-corrected chi connectivity index (χ3v) is 6.32. The Morgan fingerprint density at radius 2 is 1.78 bits per heavy atom. The third kappa shape index (κ3) is 6.77. The zero-order valence-electron chi connectivity index (χ0n) is 19.3. The number of halogens is 1. The molecule has 1 N–H and O–H groups in total. The second kappa shape index (κ2) is 10.4. The van der Waals surface area contributed by atoms with E-state index < -0.39 is 22.0 Å². The summed E-state index contributed by atoms with van der Waals surface area (Å²) in [6.07, 6.45) is 1.03. The smallest absolute Gasteiger partial charge is 0.243 e. The van der Waals surface area contributed by atoms with E-state index in [9.17, 15) is 13.2 Å². The van der Waals surface area contributed by atoms with Gasteiger partial charge in [-0.1, -0.05) is 44.5 Å². The SMILES string of the molecule is COc1ccc(Cl)cc1N([C@H](C)C(=O)NCCOc1ccc(C(C)(C)C)cc1)S(C)(=O)=O. The van der Waals surface area contributed by atoms with E-state index in [1.54, 1.807) is 12.1 Å². The van der Waals surface area contributed by atoms with Crippen molar-refractivity contribution in [3.63, 3.8) is 0 Å². The molecule has 0 aromatic heterocycles. The maximum Gasteiger partial charge on any atom is 0.243 e. The first-order chi connectivity index (χ1) is 14.8. The molecule has 1 amide bonds. The number of methoxy groups -OCH3 is 1. The molecule has 176 valence electrons. The highest BCUT2D eigenvalue weighted by molar-refractivity contribution is 7.92. The Balaban J connectivity index is 2.03. The Labute approximate surface area is 195 Å². The standard InChI is InChI=1S/C23H31ClN2O5S/c1-16(26(32(6,28)29)20-15-18(24)9-12-21(20)30-5)22(27)25-13-14-31-19-10-7-17(8-11-19)23(2,3)4/h7-12,15-16H,13-14H2,1-6H3,(H,25,27)/t16-/m1/s1. The van der Waals surface area contributed by atoms with Crippen molar-refractivity contribution in [2.45, 2.75) is 39.2 Å². The molecule has 0 saturated heterocycles. The molecule has 2 aromatic rings. The minimum atomic E-state index is -3.80. The highest BCUT2D eigenvalue weighted by Gasteiger charge is 2.31. The summed E-state index contributed by atoms with van der Waals surface area (Å²) in [5.74, 6) is 0.521. The number of nitrogens with zero attached hydrogens (tertiary/aromatic N) is 1. The van der Waals surface area contributed by atoms with Crippen molar-refractivity contribution in [2.24, 2.45) is 0 Å². The van der Waals surface area contributed by atoms with E-state index >= 15 is 0 Å². The fourth-order valence-corrected chi connectivity index (χ4v) is 4.49. The molecule has 2 aromatic carbocycles. The number of anilines is 1. The fraction of sp³-hybridized carbons (Fsp3) is 0.435. The molecule has 0 bridgehead atoms. The fourth-order valence-electron chi connectivity index (χ4n) is 3.16. The van der Waals surface area contributed by atoms with Gasteiger partial charge >= 0.3 is 0 Å². The van der Waals surface area contributed by atoms with Gasteiger partial charge in [-0.05, 0) is 48.2 Å². The summed E-state index contributed by atoms with van der Waals surface area (Å²) in [6, 6.07) is 11.4. The van der Waals surface area contributed by atoms with Crippen molar-refractivity contribution >= 4 is 33.2 Å². The first-order valence-electron chi connectivity index (χ1n) is 10.2. The van der Waals surface area contributed by atoms with Crippen molar-refractivity contribution in [3.8, 4) is 11.5 Å². The molecular formula is C23H31ClN2O5S. The number of ether oxygens (including phenoxy) is 2. The minimum Gasteiger partial charge on any atom is -0.495 e. The first kappa shape index (κ1) is 25.8. The van der Waals surface area contributed by atoms with Gasteiger partial charge in [-0.15, -0.1) is 0 Å². The van der Waals surface area contributed by atoms with Gasteiger partial charge in [-0.25, -0.2) is 8.42 Å². The van der Waals surface area contributed by atoms with Crippen LogP contribution in [0.5, 0.6) is 11.5 Å². The molecule has 7 nitrogen and oxygen atoms in total. The molecule has 32 heavy (non-hydrogen) atoms. The van der Waals surface area contributed by atoms with Crippen molar-refractivity contribution in [3.05, 3.63) is 53.1 Å². The summed E-state index contributed by atoms with van der Waals surface area (Å²) in [5, 5.41) is 3.05. The first-order valence-corrected chi connectivity index (χ1v) is 12.4. The van der Waals surface area contributed by atoms with Crippen LogP contribution in [0.1, 0.15) is 33.3 Å². The molecule has 0 unspecified atom stereocenters. The largest absolute Gasteiger partial charge is 0.495 e. The molecule has 0 aliphatic carbocycles. The van der Waals surface area contributed by atoms with Crippen LogP contribution in [0, 0.1) is 0 Å². The van der Waals surface area contributed by atoms with Crippen molar-refractivity contribution < 1.29 is 22.7 Å². The summed E-state index contributed by atoms with van der Waals surface area (Å²) < 4.78 is 36.9. The van der Waals surface area contributed by atoms with Gasteiger partial charge in [-0.2, -0.15) is 0 Å². The Bertz CT molecular complexity index is 1030. The molecule has 0 radical (unpaired) electrons. The zero-order chi connectivity index (χ0) is 24.1. The molecule has 0 saturated carbocycles. The van der Waals surface area contributed by atoms with E-state index in [1.807, 2.05) is 24.3 Å². The van der Waals surface area contributed by atoms with E-state index in [0.717, 1.165) is 10.6 Å². The molecule has 0 aliphatic rings. The van der Waals surface area contributed by atoms with Gasteiger partial charge in [0.1, 0.15) is 24.1 Å². The lowest BCUT2D eigenvalue weighted by molar-refractivity contribution is -0.121. The van der Waals surface area contributed by atoms with Crippen LogP contribution in [0.25, 0.3) is 0 Å². The van der Waals surface area contributed by atoms with Gasteiger partial charge in [0.25, 0.3) is 0 Å². The number of sulfonamides is 1. The molecule has 0 spiro atoms. The monoisotopic (exact) mass is 482 g/mol. The van der Waals surface area contributed by atoms with Crippen molar-refractivity contribution in [1.82, 2.24) is 5.32 Å². The van der Waals surface area contributed by atoms with E-state index in [0.29, 0.717) is 16.5 Å². The number of amides is 1. The number of benzene rings is 2. The van der Waals surface area contributed by atoms with Gasteiger partial charge in [-0.3, -0.25) is 9.10 Å². The number of nitrogens with one attached hydrogen (secondary N) is 1. The summed E-state index contributed by atoms with van der Waals surface area (Å²) in [4.78, 5) is 12.7. The second-order valence-electron chi connectivity index (χ2n) is 8.46. The third-order valence-electron chi connectivity index (χ3n) is 4.86. The van der Waals surface area contributed by atoms with Crippen LogP contribution < -0.4 is 19.1 Å². The lowest BCUT2D eigenvalue weighted by Gasteiger charge is -2.29. The van der Waals surface area contributed by atoms with Gasteiger partial charge in [0, 0.05) is 5.02 Å². The number of carbonyl (C=O) groups excluding carboxylic acids is 1. The van der Waals surface area contributed by atoms with Gasteiger partial charge in [0.05, 0.1) is 25.6 Å². The number of rotatable bonds is 9. The molecule has 1 atom stereocenters. The zero-order valence-corrected chi connectivity index (χ0v) is 20.9. The second-order valence-corrected chi connectivity index (χ2v) is 10.8. The van der Waals surface area contributed by atoms with Crippen LogP contribution in [-0.2, 0) is 20.2 Å². The molecule has 2 rings (SSSR count).